The summed E-state index contributed by atoms with van der Waals surface area (Å²) in [5, 5.41) is 10.8. The van der Waals surface area contributed by atoms with Crippen molar-refractivity contribution in [3.63, 3.8) is 0 Å². The van der Waals surface area contributed by atoms with E-state index < -0.39 is 17.7 Å². The number of imidazole rings is 1. The molecule has 1 aromatic heterocycles. The summed E-state index contributed by atoms with van der Waals surface area (Å²) >= 11 is 0. The molecule has 3 heterocycles. The number of benzene rings is 2. The topological polar surface area (TPSA) is 70.8 Å². The fourth-order valence-electron chi connectivity index (χ4n) is 5.21. The number of aliphatic hydroxyl groups excluding tert-OH is 1. The van der Waals surface area contributed by atoms with Crippen molar-refractivity contribution in [3.05, 3.63) is 83.0 Å². The van der Waals surface area contributed by atoms with E-state index in [2.05, 4.69) is 4.98 Å². The molecule has 3 aromatic rings. The molecular weight excluding hydrogens is 478 g/mol. The summed E-state index contributed by atoms with van der Waals surface area (Å²) in [6, 6.07) is 9.25. The third-order valence-electron chi connectivity index (χ3n) is 7.04. The van der Waals surface area contributed by atoms with Gasteiger partial charge >= 0.3 is 0 Å². The Morgan fingerprint density at radius 1 is 1.16 bits per heavy atom. The third kappa shape index (κ3) is 5.28. The number of aryl methyl sites for hydroxylation is 1. The highest BCUT2D eigenvalue weighted by atomic mass is 19.2. The van der Waals surface area contributed by atoms with Crippen LogP contribution in [-0.2, 0) is 11.3 Å². The van der Waals surface area contributed by atoms with Gasteiger partial charge in [-0.25, -0.2) is 13.8 Å². The number of carbonyl (C=O) groups is 1. The maximum atomic E-state index is 13.6. The second-order valence-corrected chi connectivity index (χ2v) is 9.70. The second-order valence-electron chi connectivity index (χ2n) is 9.70. The number of β-amino-alcohol motifs (C(OH)–C–C–N with tert-alkyl or cyclic N) is 1. The lowest BCUT2D eigenvalue weighted by molar-refractivity contribution is -0.132. The van der Waals surface area contributed by atoms with E-state index in [1.807, 2.05) is 46.9 Å². The molecule has 0 radical (unpaired) electrons. The highest BCUT2D eigenvalue weighted by molar-refractivity contribution is 5.98. The maximum Gasteiger partial charge on any atom is 0.250 e. The van der Waals surface area contributed by atoms with Gasteiger partial charge in [0.15, 0.2) is 11.6 Å². The molecule has 2 saturated heterocycles. The van der Waals surface area contributed by atoms with Crippen molar-refractivity contribution >= 4 is 12.0 Å². The van der Waals surface area contributed by atoms with Gasteiger partial charge < -0.3 is 19.3 Å². The number of likely N-dealkylation sites (tertiary alicyclic amines) is 2. The van der Waals surface area contributed by atoms with Crippen LogP contribution < -0.4 is 4.74 Å². The van der Waals surface area contributed by atoms with Gasteiger partial charge in [-0.2, -0.15) is 0 Å². The number of piperidine rings is 1. The van der Waals surface area contributed by atoms with Crippen molar-refractivity contribution in [1.29, 1.82) is 0 Å². The Hall–Kier alpha value is -3.56. The first kappa shape index (κ1) is 25.1. The van der Waals surface area contributed by atoms with E-state index in [0.717, 1.165) is 29.4 Å². The normalized spacial score (nSPS) is 21.7. The van der Waals surface area contributed by atoms with E-state index >= 15 is 0 Å². The molecule has 9 heteroatoms. The minimum Gasteiger partial charge on any atom is -0.495 e. The predicted molar refractivity (Wildman–Crippen MR) is 135 cm³/mol. The minimum atomic E-state index is -0.889. The van der Waals surface area contributed by atoms with Gasteiger partial charge in [0, 0.05) is 37.9 Å². The Morgan fingerprint density at radius 3 is 2.73 bits per heavy atom. The monoisotopic (exact) mass is 508 g/mol. The lowest BCUT2D eigenvalue weighted by Gasteiger charge is -2.35. The Balaban J connectivity index is 1.31. The van der Waals surface area contributed by atoms with Crippen LogP contribution in [0.5, 0.6) is 5.75 Å². The molecule has 5 rings (SSSR count). The van der Waals surface area contributed by atoms with E-state index in [9.17, 15) is 18.7 Å². The van der Waals surface area contributed by atoms with Crippen LogP contribution >= 0.6 is 0 Å². The van der Waals surface area contributed by atoms with Crippen molar-refractivity contribution in [1.82, 2.24) is 19.4 Å². The van der Waals surface area contributed by atoms with E-state index in [4.69, 9.17) is 4.74 Å². The number of halogens is 2. The molecule has 0 spiro atoms. The van der Waals surface area contributed by atoms with Crippen LogP contribution in [0.25, 0.3) is 11.8 Å². The molecule has 1 N–H and O–H groups in total. The van der Waals surface area contributed by atoms with E-state index in [1.165, 1.54) is 6.07 Å². The molecule has 0 saturated carbocycles. The summed E-state index contributed by atoms with van der Waals surface area (Å²) in [7, 11) is 1.61. The Morgan fingerprint density at radius 2 is 2.00 bits per heavy atom. The van der Waals surface area contributed by atoms with E-state index in [0.29, 0.717) is 49.5 Å². The first-order valence-corrected chi connectivity index (χ1v) is 12.4. The number of methoxy groups -OCH3 is 1. The summed E-state index contributed by atoms with van der Waals surface area (Å²) in [4.78, 5) is 21.4. The fraction of sp³-hybridized carbons (Fsp3) is 0.357. The molecule has 37 heavy (non-hydrogen) atoms. The zero-order chi connectivity index (χ0) is 26.1. The van der Waals surface area contributed by atoms with E-state index in [-0.39, 0.29) is 11.9 Å². The standard InChI is InChI=1S/C28H30F2N4O3/c1-18-13-33(17-31-18)24-8-6-19(12-27(24)37-2)10-21-4-3-9-34(28(21)36)25-15-32(16-26(25)35)14-20-5-7-22(29)23(30)11-20/h5-8,10-13,17,25-26,35H,3-4,9,14-16H2,1-2H3/b21-10+/t25-,26-/m0/s1. The highest BCUT2D eigenvalue weighted by Crippen LogP contribution is 2.29. The van der Waals surface area contributed by atoms with Crippen molar-refractivity contribution in [2.45, 2.75) is 38.5 Å². The summed E-state index contributed by atoms with van der Waals surface area (Å²) in [6.45, 7) is 3.69. The summed E-state index contributed by atoms with van der Waals surface area (Å²) in [5.41, 5.74) is 3.93. The van der Waals surface area contributed by atoms with Crippen molar-refractivity contribution in [2.24, 2.45) is 0 Å². The van der Waals surface area contributed by atoms with Crippen LogP contribution in [0, 0.1) is 18.6 Å². The molecule has 194 valence electrons. The molecule has 2 aliphatic rings. The lowest BCUT2D eigenvalue weighted by atomic mass is 9.98. The zero-order valence-electron chi connectivity index (χ0n) is 20.9. The molecule has 0 bridgehead atoms. The van der Waals surface area contributed by atoms with Crippen molar-refractivity contribution in [2.75, 3.05) is 26.7 Å². The Bertz CT molecular complexity index is 1340. The number of nitrogens with zero attached hydrogens (tertiary/aromatic N) is 4. The molecule has 2 fully saturated rings. The number of rotatable bonds is 6. The van der Waals surface area contributed by atoms with E-state index in [1.54, 1.807) is 24.4 Å². The van der Waals surface area contributed by atoms with Crippen LogP contribution in [0.2, 0.25) is 0 Å². The third-order valence-corrected chi connectivity index (χ3v) is 7.04. The summed E-state index contributed by atoms with van der Waals surface area (Å²) < 4.78 is 34.4. The molecule has 0 aliphatic carbocycles. The molecule has 2 atom stereocenters. The first-order valence-electron chi connectivity index (χ1n) is 12.4. The maximum absolute atomic E-state index is 13.6. The average Bonchev–Trinajstić information content (AvgIpc) is 3.47. The molecule has 7 nitrogen and oxygen atoms in total. The number of carbonyl (C=O) groups excluding carboxylic acids is 1. The van der Waals surface area contributed by atoms with Crippen LogP contribution in [0.4, 0.5) is 8.78 Å². The van der Waals surface area contributed by atoms with Gasteiger partial charge in [0.05, 0.1) is 37.0 Å². The number of aromatic nitrogens is 2. The molecular formula is C28H30F2N4O3. The molecule has 0 unspecified atom stereocenters. The molecule has 2 aliphatic heterocycles. The van der Waals surface area contributed by atoms with Crippen LogP contribution in [0.3, 0.4) is 0 Å². The average molecular weight is 509 g/mol. The van der Waals surface area contributed by atoms with Gasteiger partial charge in [-0.05, 0) is 61.2 Å². The fourth-order valence-corrected chi connectivity index (χ4v) is 5.21. The highest BCUT2D eigenvalue weighted by Gasteiger charge is 2.39. The van der Waals surface area contributed by atoms with Gasteiger partial charge in [0.2, 0.25) is 5.91 Å². The van der Waals surface area contributed by atoms with Gasteiger partial charge in [-0.1, -0.05) is 12.1 Å². The smallest absolute Gasteiger partial charge is 0.250 e. The van der Waals surface area contributed by atoms with Crippen molar-refractivity contribution < 1.29 is 23.4 Å². The number of ether oxygens (including phenoxy) is 1. The summed E-state index contributed by atoms with van der Waals surface area (Å²) in [6.07, 6.45) is 6.28. The van der Waals surface area contributed by atoms with Gasteiger partial charge in [0.1, 0.15) is 5.75 Å². The van der Waals surface area contributed by atoms with Crippen molar-refractivity contribution in [3.8, 4) is 11.4 Å². The quantitative estimate of drug-likeness (QED) is 0.514. The zero-order valence-corrected chi connectivity index (χ0v) is 20.9. The molecule has 2 aromatic carbocycles. The minimum absolute atomic E-state index is 0.0849. The Kier molecular flexibility index (Phi) is 7.08. The predicted octanol–water partition coefficient (Wildman–Crippen LogP) is 3.72. The number of hydrogen-bond acceptors (Lipinski definition) is 5. The Labute approximate surface area is 214 Å². The van der Waals surface area contributed by atoms with Gasteiger partial charge in [-0.15, -0.1) is 0 Å². The van der Waals surface area contributed by atoms with Crippen LogP contribution in [-0.4, -0.2) is 69.3 Å². The molecule has 1 amide bonds. The van der Waals surface area contributed by atoms with Gasteiger partial charge in [0.25, 0.3) is 0 Å². The van der Waals surface area contributed by atoms with Crippen LogP contribution in [0.1, 0.15) is 29.7 Å². The summed E-state index contributed by atoms with van der Waals surface area (Å²) in [5.74, 6) is -1.19. The van der Waals surface area contributed by atoms with Gasteiger partial charge in [-0.3, -0.25) is 9.69 Å². The largest absolute Gasteiger partial charge is 0.495 e. The number of aliphatic hydroxyl groups is 1. The second kappa shape index (κ2) is 10.4. The van der Waals surface area contributed by atoms with Crippen LogP contribution in [0.15, 0.2) is 54.5 Å². The first-order chi connectivity index (χ1) is 17.8. The number of hydrogen-bond donors (Lipinski definition) is 1. The number of amides is 1. The SMILES string of the molecule is COc1cc(/C=C2\CCCN([C@H]3CN(Cc4ccc(F)c(F)c4)C[C@@H]3O)C2=O)ccc1-n1cnc(C)c1. The lowest BCUT2D eigenvalue weighted by Crippen LogP contribution is -2.49.